The van der Waals surface area contributed by atoms with E-state index in [1.54, 1.807) is 0 Å². The van der Waals surface area contributed by atoms with Crippen LogP contribution < -0.4 is 5.32 Å². The van der Waals surface area contributed by atoms with Crippen LogP contribution in [0.2, 0.25) is 4.34 Å². The van der Waals surface area contributed by atoms with Crippen LogP contribution in [0.5, 0.6) is 0 Å². The lowest BCUT2D eigenvalue weighted by Gasteiger charge is -2.06. The van der Waals surface area contributed by atoms with Gasteiger partial charge in [-0.15, -0.1) is 11.3 Å². The molecule has 0 aromatic carbocycles. The number of amides is 1. The average molecular weight is 274 g/mol. The van der Waals surface area contributed by atoms with Gasteiger partial charge < -0.3 is 10.4 Å². The van der Waals surface area contributed by atoms with Crippen LogP contribution >= 0.6 is 22.9 Å². The van der Waals surface area contributed by atoms with Crippen molar-refractivity contribution >= 4 is 40.5 Å². The Balaban J connectivity index is 2.98. The SMILES string of the molecule is O=C(O)c1sc(Cl)cc1NC(=O)C(F)(F)F. The fraction of sp³-hybridized carbons (Fsp3) is 0.143. The number of carboxylic acids is 1. The predicted molar refractivity (Wildman–Crippen MR) is 51.0 cm³/mol. The summed E-state index contributed by atoms with van der Waals surface area (Å²) in [6.45, 7) is 0. The minimum Gasteiger partial charge on any atom is -0.477 e. The number of carbonyl (C=O) groups is 2. The Morgan fingerprint density at radius 1 is 1.44 bits per heavy atom. The van der Waals surface area contributed by atoms with E-state index in [1.165, 1.54) is 5.32 Å². The molecule has 0 aliphatic heterocycles. The minimum absolute atomic E-state index is 0.0325. The van der Waals surface area contributed by atoms with Crippen LogP contribution in [-0.2, 0) is 4.79 Å². The third-order valence-corrected chi connectivity index (χ3v) is 2.65. The zero-order valence-corrected chi connectivity index (χ0v) is 8.83. The lowest BCUT2D eigenvalue weighted by molar-refractivity contribution is -0.167. The van der Waals surface area contributed by atoms with Crippen LogP contribution in [0.15, 0.2) is 6.07 Å². The van der Waals surface area contributed by atoms with Crippen molar-refractivity contribution in [2.24, 2.45) is 0 Å². The van der Waals surface area contributed by atoms with E-state index >= 15 is 0 Å². The Hall–Kier alpha value is -1.28. The average Bonchev–Trinajstić information content (AvgIpc) is 2.45. The molecule has 0 saturated carbocycles. The van der Waals surface area contributed by atoms with Crippen LogP contribution in [-0.4, -0.2) is 23.2 Å². The summed E-state index contributed by atoms with van der Waals surface area (Å²) in [5.41, 5.74) is -0.468. The Labute approximate surface area is 95.6 Å². The normalized spacial score (nSPS) is 11.2. The van der Waals surface area contributed by atoms with E-state index in [9.17, 15) is 22.8 Å². The molecule has 0 atom stereocenters. The van der Waals surface area contributed by atoms with Gasteiger partial charge in [-0.05, 0) is 6.07 Å². The van der Waals surface area contributed by atoms with E-state index in [0.29, 0.717) is 11.3 Å². The number of nitrogens with one attached hydrogen (secondary N) is 1. The van der Waals surface area contributed by atoms with Crippen molar-refractivity contribution in [2.45, 2.75) is 6.18 Å². The zero-order chi connectivity index (χ0) is 12.5. The second-order valence-electron chi connectivity index (χ2n) is 2.55. The van der Waals surface area contributed by atoms with Crippen molar-refractivity contribution < 1.29 is 27.9 Å². The zero-order valence-electron chi connectivity index (χ0n) is 7.26. The number of aromatic carboxylic acids is 1. The van der Waals surface area contributed by atoms with E-state index in [4.69, 9.17) is 16.7 Å². The van der Waals surface area contributed by atoms with Crippen molar-refractivity contribution in [1.29, 1.82) is 0 Å². The molecule has 0 fully saturated rings. The molecule has 4 nitrogen and oxygen atoms in total. The molecule has 0 aliphatic rings. The van der Waals surface area contributed by atoms with Gasteiger partial charge in [0.25, 0.3) is 0 Å². The van der Waals surface area contributed by atoms with Gasteiger partial charge in [0.1, 0.15) is 4.88 Å². The first-order chi connectivity index (χ1) is 7.21. The van der Waals surface area contributed by atoms with Gasteiger partial charge in [0.15, 0.2) is 0 Å². The number of hydrogen-bond donors (Lipinski definition) is 2. The fourth-order valence-electron chi connectivity index (χ4n) is 0.806. The Bertz CT molecular complexity index is 443. The highest BCUT2D eigenvalue weighted by Gasteiger charge is 2.39. The quantitative estimate of drug-likeness (QED) is 0.870. The molecule has 0 saturated heterocycles. The molecule has 88 valence electrons. The maximum atomic E-state index is 11.9. The van der Waals surface area contributed by atoms with Crippen molar-refractivity contribution in [1.82, 2.24) is 0 Å². The molecule has 0 aliphatic carbocycles. The molecule has 0 unspecified atom stereocenters. The van der Waals surface area contributed by atoms with Crippen LogP contribution in [0.25, 0.3) is 0 Å². The number of carbonyl (C=O) groups excluding carboxylic acids is 1. The third kappa shape index (κ3) is 2.86. The Kier molecular flexibility index (Phi) is 3.44. The summed E-state index contributed by atoms with van der Waals surface area (Å²) < 4.78 is 35.6. The molecule has 1 rings (SSSR count). The van der Waals surface area contributed by atoms with Gasteiger partial charge in [0.2, 0.25) is 0 Å². The molecular formula is C7H3ClF3NO3S. The van der Waals surface area contributed by atoms with Crippen LogP contribution in [0.4, 0.5) is 18.9 Å². The number of halogens is 4. The summed E-state index contributed by atoms with van der Waals surface area (Å²) in [5, 5.41) is 10.0. The highest BCUT2D eigenvalue weighted by atomic mass is 35.5. The smallest absolute Gasteiger partial charge is 0.471 e. The molecule has 0 bridgehead atoms. The molecule has 1 aromatic heterocycles. The Morgan fingerprint density at radius 2 is 2.00 bits per heavy atom. The van der Waals surface area contributed by atoms with Crippen molar-refractivity contribution in [3.8, 4) is 0 Å². The molecule has 9 heteroatoms. The maximum absolute atomic E-state index is 11.9. The molecule has 1 heterocycles. The molecule has 0 spiro atoms. The first-order valence-electron chi connectivity index (χ1n) is 3.62. The van der Waals surface area contributed by atoms with Gasteiger partial charge in [0, 0.05) is 0 Å². The van der Waals surface area contributed by atoms with Gasteiger partial charge in [-0.2, -0.15) is 13.2 Å². The van der Waals surface area contributed by atoms with Crippen molar-refractivity contribution in [3.05, 3.63) is 15.3 Å². The highest BCUT2D eigenvalue weighted by molar-refractivity contribution is 7.18. The summed E-state index contributed by atoms with van der Waals surface area (Å²) >= 11 is 5.99. The minimum atomic E-state index is -5.08. The number of thiophene rings is 1. The topological polar surface area (TPSA) is 66.4 Å². The third-order valence-electron chi connectivity index (χ3n) is 1.40. The van der Waals surface area contributed by atoms with Gasteiger partial charge in [0.05, 0.1) is 10.0 Å². The second kappa shape index (κ2) is 4.30. The van der Waals surface area contributed by atoms with Crippen LogP contribution in [0.3, 0.4) is 0 Å². The Morgan fingerprint density at radius 3 is 2.44 bits per heavy atom. The van der Waals surface area contributed by atoms with E-state index in [0.717, 1.165) is 6.07 Å². The van der Waals surface area contributed by atoms with Crippen LogP contribution in [0, 0.1) is 0 Å². The van der Waals surface area contributed by atoms with Gasteiger partial charge in [-0.25, -0.2) is 4.79 Å². The van der Waals surface area contributed by atoms with Crippen molar-refractivity contribution in [3.63, 3.8) is 0 Å². The lowest BCUT2D eigenvalue weighted by Crippen LogP contribution is -2.30. The summed E-state index contributed by atoms with van der Waals surface area (Å²) in [4.78, 5) is 20.7. The summed E-state index contributed by atoms with van der Waals surface area (Å²) in [6, 6.07) is 0.944. The maximum Gasteiger partial charge on any atom is 0.471 e. The summed E-state index contributed by atoms with van der Waals surface area (Å²) in [5.74, 6) is -3.71. The molecule has 16 heavy (non-hydrogen) atoms. The molecular weight excluding hydrogens is 271 g/mol. The highest BCUT2D eigenvalue weighted by Crippen LogP contribution is 2.32. The monoisotopic (exact) mass is 273 g/mol. The standard InChI is InChI=1S/C7H3ClF3NO3S/c8-3-1-2(4(16-3)5(13)14)12-6(15)7(9,10)11/h1H,(H,12,15)(H,13,14). The second-order valence-corrected chi connectivity index (χ2v) is 4.23. The van der Waals surface area contributed by atoms with E-state index in [1.807, 2.05) is 0 Å². The fourth-order valence-corrected chi connectivity index (χ4v) is 1.83. The molecule has 1 aromatic rings. The largest absolute Gasteiger partial charge is 0.477 e. The van der Waals surface area contributed by atoms with Gasteiger partial charge >= 0.3 is 18.1 Å². The first-order valence-corrected chi connectivity index (χ1v) is 4.82. The summed E-state index contributed by atoms with van der Waals surface area (Å²) in [7, 11) is 0. The molecule has 0 radical (unpaired) electrons. The number of hydrogen-bond acceptors (Lipinski definition) is 3. The van der Waals surface area contributed by atoms with E-state index in [2.05, 4.69) is 0 Å². The first kappa shape index (κ1) is 12.8. The van der Waals surface area contributed by atoms with Gasteiger partial charge in [-0.3, -0.25) is 4.79 Å². The van der Waals surface area contributed by atoms with Crippen LogP contribution in [0.1, 0.15) is 9.67 Å². The van der Waals surface area contributed by atoms with E-state index < -0.39 is 28.6 Å². The number of alkyl halides is 3. The molecule has 2 N–H and O–H groups in total. The molecule has 1 amide bonds. The van der Waals surface area contributed by atoms with Crippen molar-refractivity contribution in [2.75, 3.05) is 5.32 Å². The lowest BCUT2D eigenvalue weighted by atomic mass is 10.4. The number of anilines is 1. The predicted octanol–water partition coefficient (Wildman–Crippen LogP) is 2.60. The van der Waals surface area contributed by atoms with Gasteiger partial charge in [-0.1, -0.05) is 11.6 Å². The number of rotatable bonds is 2. The number of carboxylic acid groups (broad SMARTS) is 1. The summed E-state index contributed by atoms with van der Waals surface area (Å²) in [6.07, 6.45) is -5.08. The van der Waals surface area contributed by atoms with E-state index in [-0.39, 0.29) is 4.34 Å².